The molecule has 0 saturated heterocycles. The summed E-state index contributed by atoms with van der Waals surface area (Å²) in [6.07, 6.45) is 1.86. The van der Waals surface area contributed by atoms with Crippen LogP contribution in [0.15, 0.2) is 77.7 Å². The quantitative estimate of drug-likeness (QED) is 0.559. The number of nitrogens with one attached hydrogen (secondary N) is 2. The molecule has 160 valence electrons. The molecule has 0 heterocycles. The topological polar surface area (TPSA) is 84.5 Å². The number of methoxy groups -OCH3 is 1. The molecule has 31 heavy (non-hydrogen) atoms. The minimum Gasteiger partial charge on any atom is -0.495 e. The van der Waals surface area contributed by atoms with Gasteiger partial charge in [-0.1, -0.05) is 54.6 Å². The third-order valence-electron chi connectivity index (χ3n) is 5.08. The molecule has 0 spiro atoms. The number of rotatable bonds is 8. The van der Waals surface area contributed by atoms with E-state index in [0.717, 1.165) is 29.5 Å². The number of hydrogen-bond acceptors (Lipinski definition) is 4. The summed E-state index contributed by atoms with van der Waals surface area (Å²) in [5.41, 5.74) is 3.37. The molecule has 0 atom stereocenters. The van der Waals surface area contributed by atoms with Crippen LogP contribution < -0.4 is 14.8 Å². The van der Waals surface area contributed by atoms with Crippen molar-refractivity contribution in [3.8, 4) is 16.9 Å². The van der Waals surface area contributed by atoms with Crippen LogP contribution in [0.25, 0.3) is 11.1 Å². The SMILES string of the molecule is COc1ccc(S(=O)(=O)NC2CC2)cc1NC(=O)Cc1ccc(-c2ccccc2)cc1. The number of benzene rings is 3. The molecule has 3 aromatic carbocycles. The van der Waals surface area contributed by atoms with Crippen molar-refractivity contribution in [2.75, 3.05) is 12.4 Å². The molecule has 1 aliphatic rings. The number of hydrogen-bond donors (Lipinski definition) is 2. The second-order valence-electron chi connectivity index (χ2n) is 7.55. The maximum absolute atomic E-state index is 12.6. The van der Waals surface area contributed by atoms with Crippen LogP contribution in [-0.4, -0.2) is 27.5 Å². The molecule has 1 saturated carbocycles. The molecule has 0 aliphatic heterocycles. The molecular formula is C24H24N2O4S. The summed E-state index contributed by atoms with van der Waals surface area (Å²) in [6.45, 7) is 0. The van der Waals surface area contributed by atoms with Crippen molar-refractivity contribution in [3.05, 3.63) is 78.4 Å². The lowest BCUT2D eigenvalue weighted by Gasteiger charge is -2.13. The normalized spacial score (nSPS) is 13.6. The molecular weight excluding hydrogens is 412 g/mol. The van der Waals surface area contributed by atoms with Gasteiger partial charge in [-0.05, 0) is 47.7 Å². The monoisotopic (exact) mass is 436 g/mol. The first-order valence-electron chi connectivity index (χ1n) is 10.1. The van der Waals surface area contributed by atoms with E-state index in [1.165, 1.54) is 19.2 Å². The van der Waals surface area contributed by atoms with Crippen molar-refractivity contribution in [3.63, 3.8) is 0 Å². The summed E-state index contributed by atoms with van der Waals surface area (Å²) in [5, 5.41) is 2.78. The van der Waals surface area contributed by atoms with E-state index in [1.54, 1.807) is 6.07 Å². The summed E-state index contributed by atoms with van der Waals surface area (Å²) in [5.74, 6) is 0.147. The van der Waals surface area contributed by atoms with Crippen LogP contribution in [0.3, 0.4) is 0 Å². The fraction of sp³-hybridized carbons (Fsp3) is 0.208. The Morgan fingerprint density at radius 1 is 0.968 bits per heavy atom. The molecule has 3 aromatic rings. The average molecular weight is 437 g/mol. The molecule has 0 aromatic heterocycles. The predicted molar refractivity (Wildman–Crippen MR) is 121 cm³/mol. The van der Waals surface area contributed by atoms with Gasteiger partial charge >= 0.3 is 0 Å². The van der Waals surface area contributed by atoms with Gasteiger partial charge < -0.3 is 10.1 Å². The lowest BCUT2D eigenvalue weighted by Crippen LogP contribution is -2.26. The highest BCUT2D eigenvalue weighted by Gasteiger charge is 2.28. The van der Waals surface area contributed by atoms with Gasteiger partial charge in [0.1, 0.15) is 5.75 Å². The number of carbonyl (C=O) groups is 1. The fourth-order valence-corrected chi connectivity index (χ4v) is 4.60. The van der Waals surface area contributed by atoms with E-state index in [4.69, 9.17) is 4.74 Å². The Balaban J connectivity index is 1.47. The van der Waals surface area contributed by atoms with Gasteiger partial charge in [0.05, 0.1) is 24.1 Å². The number of sulfonamides is 1. The minimum atomic E-state index is -3.63. The largest absolute Gasteiger partial charge is 0.495 e. The van der Waals surface area contributed by atoms with Crippen molar-refractivity contribution in [2.45, 2.75) is 30.2 Å². The Labute approximate surface area is 182 Å². The van der Waals surface area contributed by atoms with Gasteiger partial charge in [-0.15, -0.1) is 0 Å². The van der Waals surface area contributed by atoms with Crippen LogP contribution in [0.2, 0.25) is 0 Å². The van der Waals surface area contributed by atoms with E-state index in [1.807, 2.05) is 54.6 Å². The van der Waals surface area contributed by atoms with Crippen molar-refractivity contribution >= 4 is 21.6 Å². The van der Waals surface area contributed by atoms with E-state index in [2.05, 4.69) is 10.0 Å². The molecule has 0 unspecified atom stereocenters. The van der Waals surface area contributed by atoms with Crippen LogP contribution in [0.1, 0.15) is 18.4 Å². The first-order chi connectivity index (χ1) is 14.9. The molecule has 1 aliphatic carbocycles. The molecule has 1 fully saturated rings. The zero-order valence-corrected chi connectivity index (χ0v) is 18.0. The van der Waals surface area contributed by atoms with Crippen LogP contribution in [0, 0.1) is 0 Å². The third-order valence-corrected chi connectivity index (χ3v) is 6.60. The Bertz CT molecular complexity index is 1170. The van der Waals surface area contributed by atoms with Gasteiger partial charge in [-0.25, -0.2) is 13.1 Å². The number of anilines is 1. The van der Waals surface area contributed by atoms with Crippen LogP contribution in [0.4, 0.5) is 5.69 Å². The van der Waals surface area contributed by atoms with Gasteiger partial charge in [-0.3, -0.25) is 4.79 Å². The standard InChI is InChI=1S/C24H24N2O4S/c1-30-23-14-13-21(31(28,29)26-20-11-12-20)16-22(23)25-24(27)15-17-7-9-19(10-8-17)18-5-3-2-4-6-18/h2-10,13-14,16,20,26H,11-12,15H2,1H3,(H,25,27). The predicted octanol–water partition coefficient (Wildman–Crippen LogP) is 3.98. The van der Waals surface area contributed by atoms with Gasteiger partial charge in [0, 0.05) is 6.04 Å². The third kappa shape index (κ3) is 5.31. The summed E-state index contributed by atoms with van der Waals surface area (Å²) in [7, 11) is -2.15. The Morgan fingerprint density at radius 2 is 1.65 bits per heavy atom. The van der Waals surface area contributed by atoms with Crippen LogP contribution in [0.5, 0.6) is 5.75 Å². The zero-order valence-electron chi connectivity index (χ0n) is 17.2. The molecule has 4 rings (SSSR count). The van der Waals surface area contributed by atoms with Gasteiger partial charge in [0.15, 0.2) is 0 Å². The number of ether oxygens (including phenoxy) is 1. The summed E-state index contributed by atoms with van der Waals surface area (Å²) >= 11 is 0. The van der Waals surface area contributed by atoms with E-state index in [-0.39, 0.29) is 23.3 Å². The highest BCUT2D eigenvalue weighted by Crippen LogP contribution is 2.29. The summed E-state index contributed by atoms with van der Waals surface area (Å²) < 4.78 is 32.9. The summed E-state index contributed by atoms with van der Waals surface area (Å²) in [6, 6.07) is 22.3. The Kier molecular flexibility index (Phi) is 6.06. The van der Waals surface area contributed by atoms with Gasteiger partial charge in [0.2, 0.25) is 15.9 Å². The number of carbonyl (C=O) groups excluding carboxylic acids is 1. The van der Waals surface area contributed by atoms with Crippen molar-refractivity contribution in [1.82, 2.24) is 4.72 Å². The van der Waals surface area contributed by atoms with Gasteiger partial charge in [-0.2, -0.15) is 0 Å². The smallest absolute Gasteiger partial charge is 0.240 e. The maximum Gasteiger partial charge on any atom is 0.240 e. The number of amides is 1. The average Bonchev–Trinajstić information content (AvgIpc) is 3.58. The van der Waals surface area contributed by atoms with Crippen molar-refractivity contribution in [2.24, 2.45) is 0 Å². The molecule has 6 nitrogen and oxygen atoms in total. The van der Waals surface area contributed by atoms with E-state index >= 15 is 0 Å². The zero-order chi connectivity index (χ0) is 21.8. The molecule has 0 radical (unpaired) electrons. The highest BCUT2D eigenvalue weighted by molar-refractivity contribution is 7.89. The summed E-state index contributed by atoms with van der Waals surface area (Å²) in [4.78, 5) is 12.7. The van der Waals surface area contributed by atoms with E-state index in [9.17, 15) is 13.2 Å². The molecule has 1 amide bonds. The lowest BCUT2D eigenvalue weighted by atomic mass is 10.0. The Hall–Kier alpha value is -3.16. The van der Waals surface area contributed by atoms with Gasteiger partial charge in [0.25, 0.3) is 0 Å². The second kappa shape index (κ2) is 8.91. The lowest BCUT2D eigenvalue weighted by molar-refractivity contribution is -0.115. The molecule has 2 N–H and O–H groups in total. The van der Waals surface area contributed by atoms with E-state index in [0.29, 0.717) is 11.4 Å². The molecule has 0 bridgehead atoms. The van der Waals surface area contributed by atoms with E-state index < -0.39 is 10.0 Å². The highest BCUT2D eigenvalue weighted by atomic mass is 32.2. The minimum absolute atomic E-state index is 0.00370. The van der Waals surface area contributed by atoms with Crippen molar-refractivity contribution < 1.29 is 17.9 Å². The second-order valence-corrected chi connectivity index (χ2v) is 9.26. The van der Waals surface area contributed by atoms with Crippen LogP contribution >= 0.6 is 0 Å². The fourth-order valence-electron chi connectivity index (χ4n) is 3.27. The Morgan fingerprint density at radius 3 is 2.29 bits per heavy atom. The molecule has 7 heteroatoms. The maximum atomic E-state index is 12.6. The van der Waals surface area contributed by atoms with Crippen molar-refractivity contribution in [1.29, 1.82) is 0 Å². The van der Waals surface area contributed by atoms with Crippen LogP contribution in [-0.2, 0) is 21.2 Å². The first-order valence-corrected chi connectivity index (χ1v) is 11.6. The first kappa shape index (κ1) is 21.1.